The van der Waals surface area contributed by atoms with Crippen molar-refractivity contribution < 1.29 is 4.39 Å². The summed E-state index contributed by atoms with van der Waals surface area (Å²) in [4.78, 5) is 4.46. The Morgan fingerprint density at radius 1 is 1.10 bits per heavy atom. The molecule has 0 amide bonds. The molecule has 0 spiro atoms. The molecule has 3 aromatic rings. The molecule has 0 aliphatic carbocycles. The van der Waals surface area contributed by atoms with Gasteiger partial charge in [0.1, 0.15) is 5.82 Å². The van der Waals surface area contributed by atoms with Gasteiger partial charge >= 0.3 is 0 Å². The number of aromatic nitrogens is 1. The molecule has 3 N–H and O–H groups in total. The molecule has 0 saturated carbocycles. The van der Waals surface area contributed by atoms with Crippen LogP contribution in [0.15, 0.2) is 48.5 Å². The first-order chi connectivity index (χ1) is 9.69. The summed E-state index contributed by atoms with van der Waals surface area (Å²) in [7, 11) is 0. The van der Waals surface area contributed by atoms with Crippen LogP contribution < -0.4 is 11.3 Å². The van der Waals surface area contributed by atoms with E-state index in [0.29, 0.717) is 22.3 Å². The number of hydrogen-bond donors (Lipinski definition) is 2. The van der Waals surface area contributed by atoms with Crippen molar-refractivity contribution in [3.8, 4) is 11.3 Å². The predicted molar refractivity (Wildman–Crippen MR) is 80.0 cm³/mol. The smallest absolute Gasteiger partial charge is 0.126 e. The summed E-state index contributed by atoms with van der Waals surface area (Å²) in [5.74, 6) is 5.11. The van der Waals surface area contributed by atoms with E-state index in [1.165, 1.54) is 12.1 Å². The number of nitrogens with two attached hydrogens (primary N) is 1. The number of hydrogen-bond acceptors (Lipinski definition) is 3. The summed E-state index contributed by atoms with van der Waals surface area (Å²) in [5.41, 5.74) is 5.29. The van der Waals surface area contributed by atoms with Crippen molar-refractivity contribution in [1.29, 1.82) is 0 Å². The van der Waals surface area contributed by atoms with Crippen LogP contribution >= 0.6 is 11.6 Å². The van der Waals surface area contributed by atoms with E-state index < -0.39 is 5.82 Å². The number of pyridine rings is 1. The summed E-state index contributed by atoms with van der Waals surface area (Å²) < 4.78 is 13.5. The van der Waals surface area contributed by atoms with Crippen LogP contribution in [-0.2, 0) is 0 Å². The average molecular weight is 288 g/mol. The Morgan fingerprint density at radius 3 is 2.55 bits per heavy atom. The number of nitrogens with one attached hydrogen (secondary N) is 1. The van der Waals surface area contributed by atoms with E-state index in [4.69, 9.17) is 17.4 Å². The topological polar surface area (TPSA) is 50.9 Å². The maximum absolute atomic E-state index is 13.5. The zero-order valence-corrected chi connectivity index (χ0v) is 11.2. The number of fused-ring (bicyclic) bond motifs is 1. The highest BCUT2D eigenvalue weighted by Crippen LogP contribution is 2.33. The van der Waals surface area contributed by atoms with Gasteiger partial charge in [-0.3, -0.25) is 5.84 Å². The van der Waals surface area contributed by atoms with Crippen molar-refractivity contribution in [2.75, 3.05) is 5.43 Å². The molecule has 0 aliphatic rings. The number of benzene rings is 2. The largest absolute Gasteiger partial charge is 0.323 e. The third-order valence-electron chi connectivity index (χ3n) is 3.05. The standard InChI is InChI=1S/C15H11ClFN3/c16-11-6-10(17)7-13-15(11)14(20-18)8-12(19-13)9-4-2-1-3-5-9/h1-8H,18H2,(H,19,20). The summed E-state index contributed by atoms with van der Waals surface area (Å²) in [5, 5.41) is 0.885. The number of halogens is 2. The van der Waals surface area contributed by atoms with Crippen LogP contribution in [0.1, 0.15) is 0 Å². The first-order valence-electron chi connectivity index (χ1n) is 6.01. The average Bonchev–Trinajstić information content (AvgIpc) is 2.46. The minimum absolute atomic E-state index is 0.278. The Labute approximate surface area is 120 Å². The van der Waals surface area contributed by atoms with Crippen molar-refractivity contribution in [3.05, 3.63) is 59.4 Å². The molecule has 0 saturated heterocycles. The number of nitrogens with zero attached hydrogens (tertiary/aromatic N) is 1. The third-order valence-corrected chi connectivity index (χ3v) is 3.35. The minimum Gasteiger partial charge on any atom is -0.323 e. The van der Waals surface area contributed by atoms with E-state index in [2.05, 4.69) is 10.4 Å². The lowest BCUT2D eigenvalue weighted by molar-refractivity contribution is 0.629. The molecule has 1 heterocycles. The first-order valence-corrected chi connectivity index (χ1v) is 6.38. The van der Waals surface area contributed by atoms with Crippen LogP contribution in [0.4, 0.5) is 10.1 Å². The van der Waals surface area contributed by atoms with Crippen LogP contribution in [0.3, 0.4) is 0 Å². The summed E-state index contributed by atoms with van der Waals surface area (Å²) in [6.07, 6.45) is 0. The highest BCUT2D eigenvalue weighted by Gasteiger charge is 2.11. The fraction of sp³-hybridized carbons (Fsp3) is 0. The van der Waals surface area contributed by atoms with Gasteiger partial charge in [-0.25, -0.2) is 9.37 Å². The van der Waals surface area contributed by atoms with E-state index >= 15 is 0 Å². The fourth-order valence-electron chi connectivity index (χ4n) is 2.16. The second kappa shape index (κ2) is 5.07. The van der Waals surface area contributed by atoms with Gasteiger partial charge < -0.3 is 5.43 Å². The van der Waals surface area contributed by atoms with E-state index in [0.717, 1.165) is 5.56 Å². The molecule has 2 aromatic carbocycles. The van der Waals surface area contributed by atoms with E-state index in [1.54, 1.807) is 6.07 Å². The van der Waals surface area contributed by atoms with Gasteiger partial charge in [0.25, 0.3) is 0 Å². The molecule has 0 atom stereocenters. The van der Waals surface area contributed by atoms with Gasteiger partial charge in [-0.05, 0) is 12.1 Å². The molecule has 0 bridgehead atoms. The summed E-state index contributed by atoms with van der Waals surface area (Å²) in [6, 6.07) is 14.0. The van der Waals surface area contributed by atoms with Gasteiger partial charge in [0, 0.05) is 17.0 Å². The maximum Gasteiger partial charge on any atom is 0.126 e. The van der Waals surface area contributed by atoms with Crippen LogP contribution in [0, 0.1) is 5.82 Å². The van der Waals surface area contributed by atoms with Gasteiger partial charge in [0.15, 0.2) is 0 Å². The number of nitrogen functional groups attached to an aromatic ring is 1. The fourth-order valence-corrected chi connectivity index (χ4v) is 2.46. The zero-order chi connectivity index (χ0) is 14.1. The molecule has 100 valence electrons. The summed E-state index contributed by atoms with van der Waals surface area (Å²) >= 11 is 6.07. The predicted octanol–water partition coefficient (Wildman–Crippen LogP) is 3.98. The van der Waals surface area contributed by atoms with E-state index in [-0.39, 0.29) is 5.02 Å². The monoisotopic (exact) mass is 287 g/mol. The van der Waals surface area contributed by atoms with E-state index in [1.807, 2.05) is 30.3 Å². The highest BCUT2D eigenvalue weighted by molar-refractivity contribution is 6.36. The SMILES string of the molecule is NNc1cc(-c2ccccc2)nc2cc(F)cc(Cl)c12. The number of anilines is 1. The third kappa shape index (κ3) is 2.19. The molecule has 0 aliphatic heterocycles. The summed E-state index contributed by atoms with van der Waals surface area (Å²) in [6.45, 7) is 0. The Balaban J connectivity index is 2.32. The Hall–Kier alpha value is -2.17. The van der Waals surface area contributed by atoms with Gasteiger partial charge in [0.05, 0.1) is 21.9 Å². The Kier molecular flexibility index (Phi) is 3.26. The molecule has 0 fully saturated rings. The maximum atomic E-state index is 13.5. The normalized spacial score (nSPS) is 10.8. The molecule has 0 unspecified atom stereocenters. The second-order valence-corrected chi connectivity index (χ2v) is 4.75. The molecule has 3 nitrogen and oxygen atoms in total. The molecular formula is C15H11ClFN3. The van der Waals surface area contributed by atoms with Gasteiger partial charge in [-0.2, -0.15) is 0 Å². The lowest BCUT2D eigenvalue weighted by Gasteiger charge is -2.10. The lowest BCUT2D eigenvalue weighted by Crippen LogP contribution is -2.08. The molecule has 0 radical (unpaired) electrons. The molecule has 5 heteroatoms. The van der Waals surface area contributed by atoms with Crippen molar-refractivity contribution in [1.82, 2.24) is 4.98 Å². The van der Waals surface area contributed by atoms with Crippen molar-refractivity contribution in [2.45, 2.75) is 0 Å². The molecule has 20 heavy (non-hydrogen) atoms. The van der Waals surface area contributed by atoms with E-state index in [9.17, 15) is 4.39 Å². The zero-order valence-electron chi connectivity index (χ0n) is 10.4. The van der Waals surface area contributed by atoms with Crippen molar-refractivity contribution >= 4 is 28.2 Å². The van der Waals surface area contributed by atoms with Crippen LogP contribution in [0.2, 0.25) is 5.02 Å². The van der Waals surface area contributed by atoms with Crippen LogP contribution in [-0.4, -0.2) is 4.98 Å². The van der Waals surface area contributed by atoms with Crippen molar-refractivity contribution in [3.63, 3.8) is 0 Å². The van der Waals surface area contributed by atoms with Crippen LogP contribution in [0.25, 0.3) is 22.2 Å². The molecule has 3 rings (SSSR count). The highest BCUT2D eigenvalue weighted by atomic mass is 35.5. The van der Waals surface area contributed by atoms with Crippen LogP contribution in [0.5, 0.6) is 0 Å². The number of rotatable bonds is 2. The Bertz CT molecular complexity index is 775. The molecular weight excluding hydrogens is 277 g/mol. The lowest BCUT2D eigenvalue weighted by atomic mass is 10.1. The first kappa shape index (κ1) is 12.8. The Morgan fingerprint density at radius 2 is 1.85 bits per heavy atom. The number of hydrazine groups is 1. The van der Waals surface area contributed by atoms with Gasteiger partial charge in [-0.15, -0.1) is 0 Å². The van der Waals surface area contributed by atoms with Crippen molar-refractivity contribution in [2.24, 2.45) is 5.84 Å². The molecule has 1 aromatic heterocycles. The minimum atomic E-state index is -0.428. The second-order valence-electron chi connectivity index (χ2n) is 4.35. The quantitative estimate of drug-likeness (QED) is 0.554. The van der Waals surface area contributed by atoms with Gasteiger partial charge in [0.2, 0.25) is 0 Å². The van der Waals surface area contributed by atoms with Gasteiger partial charge in [-0.1, -0.05) is 41.9 Å².